The molecular weight excluding hydrogens is 245 g/mol. The van der Waals surface area contributed by atoms with Gasteiger partial charge in [-0.1, -0.05) is 19.9 Å². The molecular formula is C14H20FN3O. The second-order valence-electron chi connectivity index (χ2n) is 5.57. The number of nitrogens with two attached hydrogens (primary N) is 1. The molecule has 0 atom stereocenters. The van der Waals surface area contributed by atoms with Crippen LogP contribution in [-0.2, 0) is 11.3 Å². The van der Waals surface area contributed by atoms with Gasteiger partial charge in [0.25, 0.3) is 0 Å². The molecule has 0 amide bonds. The standard InChI is InChI=1S/C14H20FN3O/c1-14(2,7-8-19-3)9-18-11-6-4-5-10(15)12(11)17-13(18)16/h4-6H,7-9H2,1-3H3,(H2,16,17). The molecule has 2 aromatic rings. The maximum absolute atomic E-state index is 13.7. The molecule has 5 heteroatoms. The van der Waals surface area contributed by atoms with Crippen LogP contribution in [0.2, 0.25) is 0 Å². The number of methoxy groups -OCH3 is 1. The number of nitrogen functional groups attached to an aromatic ring is 1. The van der Waals surface area contributed by atoms with Crippen LogP contribution >= 0.6 is 0 Å². The molecule has 2 rings (SSSR count). The predicted octanol–water partition coefficient (Wildman–Crippen LogP) is 2.82. The summed E-state index contributed by atoms with van der Waals surface area (Å²) in [6, 6.07) is 4.92. The number of nitrogens with zero attached hydrogens (tertiary/aromatic N) is 2. The Hall–Kier alpha value is -1.62. The third-order valence-electron chi connectivity index (χ3n) is 3.33. The van der Waals surface area contributed by atoms with Crippen LogP contribution in [-0.4, -0.2) is 23.3 Å². The fraction of sp³-hybridized carbons (Fsp3) is 0.500. The van der Waals surface area contributed by atoms with Crippen LogP contribution in [0.15, 0.2) is 18.2 Å². The highest BCUT2D eigenvalue weighted by atomic mass is 19.1. The van der Waals surface area contributed by atoms with Gasteiger partial charge < -0.3 is 15.0 Å². The van der Waals surface area contributed by atoms with Gasteiger partial charge in [0, 0.05) is 20.3 Å². The Labute approximate surface area is 112 Å². The number of halogens is 1. The lowest BCUT2D eigenvalue weighted by Crippen LogP contribution is -2.22. The maximum Gasteiger partial charge on any atom is 0.201 e. The molecule has 0 aliphatic heterocycles. The SMILES string of the molecule is COCCC(C)(C)Cn1c(N)nc2c(F)cccc21. The molecule has 2 N–H and O–H groups in total. The Morgan fingerprint density at radius 3 is 2.84 bits per heavy atom. The van der Waals surface area contributed by atoms with Crippen LogP contribution in [0, 0.1) is 11.2 Å². The van der Waals surface area contributed by atoms with Crippen molar-refractivity contribution >= 4 is 17.0 Å². The Bertz CT molecular complexity index is 577. The van der Waals surface area contributed by atoms with Crippen molar-refractivity contribution in [1.82, 2.24) is 9.55 Å². The molecule has 0 bridgehead atoms. The summed E-state index contributed by atoms with van der Waals surface area (Å²) in [5, 5.41) is 0. The van der Waals surface area contributed by atoms with Crippen molar-refractivity contribution in [2.24, 2.45) is 5.41 Å². The molecule has 0 saturated heterocycles. The number of fused-ring (bicyclic) bond motifs is 1. The molecule has 19 heavy (non-hydrogen) atoms. The average Bonchev–Trinajstić information content (AvgIpc) is 2.66. The summed E-state index contributed by atoms with van der Waals surface area (Å²) < 4.78 is 20.7. The van der Waals surface area contributed by atoms with Crippen LogP contribution in [0.3, 0.4) is 0 Å². The van der Waals surface area contributed by atoms with Crippen molar-refractivity contribution in [3.05, 3.63) is 24.0 Å². The zero-order chi connectivity index (χ0) is 14.0. The number of aromatic nitrogens is 2. The molecule has 0 spiro atoms. The lowest BCUT2D eigenvalue weighted by atomic mass is 9.89. The summed E-state index contributed by atoms with van der Waals surface area (Å²) in [5.41, 5.74) is 6.99. The molecule has 1 heterocycles. The van der Waals surface area contributed by atoms with E-state index in [9.17, 15) is 4.39 Å². The van der Waals surface area contributed by atoms with Crippen LogP contribution in [0.4, 0.5) is 10.3 Å². The number of ether oxygens (including phenoxy) is 1. The van der Waals surface area contributed by atoms with Gasteiger partial charge in [-0.05, 0) is 24.0 Å². The predicted molar refractivity (Wildman–Crippen MR) is 74.4 cm³/mol. The first-order chi connectivity index (χ1) is 8.94. The molecule has 1 aromatic carbocycles. The number of imidazole rings is 1. The second-order valence-corrected chi connectivity index (χ2v) is 5.57. The largest absolute Gasteiger partial charge is 0.385 e. The minimum absolute atomic E-state index is 0.00405. The normalized spacial score (nSPS) is 12.2. The first-order valence-electron chi connectivity index (χ1n) is 6.34. The zero-order valence-corrected chi connectivity index (χ0v) is 11.6. The maximum atomic E-state index is 13.7. The highest BCUT2D eigenvalue weighted by Gasteiger charge is 2.21. The highest BCUT2D eigenvalue weighted by Crippen LogP contribution is 2.28. The molecule has 0 unspecified atom stereocenters. The third-order valence-corrected chi connectivity index (χ3v) is 3.33. The molecule has 0 fully saturated rings. The van der Waals surface area contributed by atoms with Crippen molar-refractivity contribution in [3.63, 3.8) is 0 Å². The van der Waals surface area contributed by atoms with Gasteiger partial charge in [0.2, 0.25) is 5.95 Å². The summed E-state index contributed by atoms with van der Waals surface area (Å²) in [7, 11) is 1.69. The van der Waals surface area contributed by atoms with Gasteiger partial charge in [0.1, 0.15) is 5.52 Å². The Morgan fingerprint density at radius 2 is 2.16 bits per heavy atom. The van der Waals surface area contributed by atoms with Crippen molar-refractivity contribution in [1.29, 1.82) is 0 Å². The minimum Gasteiger partial charge on any atom is -0.385 e. The van der Waals surface area contributed by atoms with E-state index in [-0.39, 0.29) is 11.2 Å². The molecule has 104 valence electrons. The average molecular weight is 265 g/mol. The van der Waals surface area contributed by atoms with Gasteiger partial charge in [0.15, 0.2) is 5.82 Å². The number of hydrogen-bond donors (Lipinski definition) is 1. The van der Waals surface area contributed by atoms with Gasteiger partial charge in [-0.3, -0.25) is 0 Å². The van der Waals surface area contributed by atoms with Gasteiger partial charge in [-0.2, -0.15) is 0 Å². The van der Waals surface area contributed by atoms with Crippen molar-refractivity contribution in [3.8, 4) is 0 Å². The van der Waals surface area contributed by atoms with Crippen molar-refractivity contribution in [2.75, 3.05) is 19.5 Å². The number of hydrogen-bond acceptors (Lipinski definition) is 3. The lowest BCUT2D eigenvalue weighted by molar-refractivity contribution is 0.143. The van der Waals surface area contributed by atoms with E-state index >= 15 is 0 Å². The highest BCUT2D eigenvalue weighted by molar-refractivity contribution is 5.78. The van der Waals surface area contributed by atoms with E-state index in [1.54, 1.807) is 13.2 Å². The van der Waals surface area contributed by atoms with Crippen LogP contribution in [0.5, 0.6) is 0 Å². The first-order valence-corrected chi connectivity index (χ1v) is 6.34. The molecule has 0 aliphatic carbocycles. The van der Waals surface area contributed by atoms with E-state index in [2.05, 4.69) is 18.8 Å². The summed E-state index contributed by atoms with van der Waals surface area (Å²) in [5.74, 6) is 0.0169. The Kier molecular flexibility index (Phi) is 3.75. The molecule has 0 saturated carbocycles. The third kappa shape index (κ3) is 2.87. The van der Waals surface area contributed by atoms with E-state index in [1.165, 1.54) is 6.07 Å². The number of para-hydroxylation sites is 1. The fourth-order valence-corrected chi connectivity index (χ4v) is 2.18. The molecule has 0 aliphatic rings. The molecule has 1 aromatic heterocycles. The van der Waals surface area contributed by atoms with E-state index in [4.69, 9.17) is 10.5 Å². The quantitative estimate of drug-likeness (QED) is 0.904. The van der Waals surface area contributed by atoms with Gasteiger partial charge >= 0.3 is 0 Å². The molecule has 0 radical (unpaired) electrons. The van der Waals surface area contributed by atoms with E-state index in [0.29, 0.717) is 24.6 Å². The van der Waals surface area contributed by atoms with Crippen molar-refractivity contribution in [2.45, 2.75) is 26.8 Å². The smallest absolute Gasteiger partial charge is 0.201 e. The summed E-state index contributed by atoms with van der Waals surface area (Å²) in [6.07, 6.45) is 0.901. The van der Waals surface area contributed by atoms with Gasteiger partial charge in [0.05, 0.1) is 5.52 Å². The van der Waals surface area contributed by atoms with Crippen molar-refractivity contribution < 1.29 is 9.13 Å². The van der Waals surface area contributed by atoms with Crippen LogP contribution < -0.4 is 5.73 Å². The summed E-state index contributed by atoms with van der Waals surface area (Å²) in [4.78, 5) is 4.11. The summed E-state index contributed by atoms with van der Waals surface area (Å²) >= 11 is 0. The number of benzene rings is 1. The Morgan fingerprint density at radius 1 is 1.42 bits per heavy atom. The van der Waals surface area contributed by atoms with E-state index in [0.717, 1.165) is 11.9 Å². The van der Waals surface area contributed by atoms with Gasteiger partial charge in [-0.15, -0.1) is 0 Å². The molecule has 4 nitrogen and oxygen atoms in total. The van der Waals surface area contributed by atoms with E-state index < -0.39 is 0 Å². The van der Waals surface area contributed by atoms with Crippen LogP contribution in [0.1, 0.15) is 20.3 Å². The zero-order valence-electron chi connectivity index (χ0n) is 11.6. The monoisotopic (exact) mass is 265 g/mol. The Balaban J connectivity index is 2.35. The minimum atomic E-state index is -0.336. The van der Waals surface area contributed by atoms with Crippen LogP contribution in [0.25, 0.3) is 11.0 Å². The first kappa shape index (κ1) is 13.8. The summed E-state index contributed by atoms with van der Waals surface area (Å²) in [6.45, 7) is 5.64. The number of rotatable bonds is 5. The van der Waals surface area contributed by atoms with E-state index in [1.807, 2.05) is 10.6 Å². The topological polar surface area (TPSA) is 53.1 Å². The number of anilines is 1. The lowest BCUT2D eigenvalue weighted by Gasteiger charge is -2.25. The fourth-order valence-electron chi connectivity index (χ4n) is 2.18. The second kappa shape index (κ2) is 5.17. The van der Waals surface area contributed by atoms with Gasteiger partial charge in [-0.25, -0.2) is 9.37 Å².